The first-order valence-electron chi connectivity index (χ1n) is 7.01. The highest BCUT2D eigenvalue weighted by molar-refractivity contribution is 6.33. The van der Waals surface area contributed by atoms with Gasteiger partial charge >= 0.3 is 0 Å². The molecule has 0 radical (unpaired) electrons. The molecule has 3 aromatic rings. The summed E-state index contributed by atoms with van der Waals surface area (Å²) in [5.41, 5.74) is 2.74. The highest BCUT2D eigenvalue weighted by Gasteiger charge is 2.17. The molecular weight excluding hydrogens is 316 g/mol. The number of benzene rings is 1. The molecule has 0 aliphatic rings. The van der Waals surface area contributed by atoms with Crippen molar-refractivity contribution >= 4 is 11.6 Å². The lowest BCUT2D eigenvalue weighted by atomic mass is 10.1. The Bertz CT molecular complexity index is 854. The SMILES string of the molecule is COc1cc(Cl)c(-c2nccn2-c2cnn(C)c2C)cc1OC. The lowest BCUT2D eigenvalue weighted by molar-refractivity contribution is 0.355. The summed E-state index contributed by atoms with van der Waals surface area (Å²) in [5, 5.41) is 4.82. The molecular formula is C16H17ClN4O2. The molecule has 0 aliphatic carbocycles. The molecule has 0 saturated heterocycles. The van der Waals surface area contributed by atoms with Crippen molar-refractivity contribution in [3.05, 3.63) is 41.4 Å². The second kappa shape index (κ2) is 5.96. The van der Waals surface area contributed by atoms with Crippen LogP contribution in [0.1, 0.15) is 5.69 Å². The van der Waals surface area contributed by atoms with Crippen molar-refractivity contribution < 1.29 is 9.47 Å². The van der Waals surface area contributed by atoms with E-state index in [0.717, 1.165) is 16.9 Å². The summed E-state index contributed by atoms with van der Waals surface area (Å²) in [4.78, 5) is 4.45. The largest absolute Gasteiger partial charge is 0.493 e. The third-order valence-corrected chi connectivity index (χ3v) is 4.14. The fourth-order valence-electron chi connectivity index (χ4n) is 2.45. The average Bonchev–Trinajstić information content (AvgIpc) is 3.14. The van der Waals surface area contributed by atoms with Crippen molar-refractivity contribution in [2.75, 3.05) is 14.2 Å². The normalized spacial score (nSPS) is 10.8. The Balaban J connectivity index is 2.18. The van der Waals surface area contributed by atoms with Crippen LogP contribution in [0.5, 0.6) is 11.5 Å². The van der Waals surface area contributed by atoms with Gasteiger partial charge in [0.05, 0.1) is 36.8 Å². The van der Waals surface area contributed by atoms with E-state index in [9.17, 15) is 0 Å². The molecule has 1 aromatic carbocycles. The molecule has 0 aliphatic heterocycles. The molecule has 2 aromatic heterocycles. The average molecular weight is 333 g/mol. The lowest BCUT2D eigenvalue weighted by Gasteiger charge is -2.13. The molecule has 0 fully saturated rings. The lowest BCUT2D eigenvalue weighted by Crippen LogP contribution is -2.00. The number of aryl methyl sites for hydroxylation is 1. The summed E-state index contributed by atoms with van der Waals surface area (Å²) < 4.78 is 14.4. The van der Waals surface area contributed by atoms with E-state index in [1.807, 2.05) is 35.5 Å². The second-order valence-electron chi connectivity index (χ2n) is 5.05. The van der Waals surface area contributed by atoms with Gasteiger partial charge in [-0.2, -0.15) is 5.10 Å². The highest BCUT2D eigenvalue weighted by Crippen LogP contribution is 2.38. The number of hydrogen-bond acceptors (Lipinski definition) is 4. The third kappa shape index (κ3) is 2.55. The Morgan fingerprint density at radius 2 is 1.83 bits per heavy atom. The van der Waals surface area contributed by atoms with Crippen LogP contribution >= 0.6 is 11.6 Å². The fourth-order valence-corrected chi connectivity index (χ4v) is 2.68. The maximum atomic E-state index is 6.42. The van der Waals surface area contributed by atoms with Gasteiger partial charge in [0, 0.05) is 31.1 Å². The van der Waals surface area contributed by atoms with Gasteiger partial charge in [-0.3, -0.25) is 9.25 Å². The van der Waals surface area contributed by atoms with Crippen LogP contribution in [0, 0.1) is 6.92 Å². The predicted octanol–water partition coefficient (Wildman–Crippen LogP) is 3.25. The second-order valence-corrected chi connectivity index (χ2v) is 5.45. The Morgan fingerprint density at radius 3 is 2.43 bits per heavy atom. The molecule has 0 atom stereocenters. The van der Waals surface area contributed by atoms with Crippen LogP contribution in [0.25, 0.3) is 17.1 Å². The van der Waals surface area contributed by atoms with Crippen molar-refractivity contribution in [1.29, 1.82) is 0 Å². The van der Waals surface area contributed by atoms with E-state index >= 15 is 0 Å². The molecule has 0 spiro atoms. The predicted molar refractivity (Wildman–Crippen MR) is 88.6 cm³/mol. The van der Waals surface area contributed by atoms with E-state index in [0.29, 0.717) is 22.3 Å². The molecule has 0 saturated carbocycles. The smallest absolute Gasteiger partial charge is 0.162 e. The van der Waals surface area contributed by atoms with Gasteiger partial charge in [0.25, 0.3) is 0 Å². The Labute approximate surface area is 139 Å². The van der Waals surface area contributed by atoms with E-state index in [4.69, 9.17) is 21.1 Å². The van der Waals surface area contributed by atoms with Crippen molar-refractivity contribution in [1.82, 2.24) is 19.3 Å². The van der Waals surface area contributed by atoms with Gasteiger partial charge < -0.3 is 9.47 Å². The van der Waals surface area contributed by atoms with Crippen LogP contribution in [-0.4, -0.2) is 33.6 Å². The maximum absolute atomic E-state index is 6.42. The molecule has 0 unspecified atom stereocenters. The zero-order valence-electron chi connectivity index (χ0n) is 13.4. The number of rotatable bonds is 4. The third-order valence-electron chi connectivity index (χ3n) is 3.82. The fraction of sp³-hybridized carbons (Fsp3) is 0.250. The van der Waals surface area contributed by atoms with Gasteiger partial charge in [-0.15, -0.1) is 0 Å². The van der Waals surface area contributed by atoms with Gasteiger partial charge in [-0.1, -0.05) is 11.6 Å². The number of ether oxygens (including phenoxy) is 2. The van der Waals surface area contributed by atoms with Gasteiger partial charge in [0.2, 0.25) is 0 Å². The molecule has 0 bridgehead atoms. The van der Waals surface area contributed by atoms with E-state index in [1.165, 1.54) is 0 Å². The molecule has 3 rings (SSSR count). The molecule has 0 N–H and O–H groups in total. The summed E-state index contributed by atoms with van der Waals surface area (Å²) in [6, 6.07) is 3.55. The summed E-state index contributed by atoms with van der Waals surface area (Å²) >= 11 is 6.42. The standard InChI is InChI=1S/C16H17ClN4O2/c1-10-13(9-19-20(10)2)21-6-5-18-16(21)11-7-14(22-3)15(23-4)8-12(11)17/h5-9H,1-4H3. The molecule has 7 heteroatoms. The number of halogens is 1. The van der Waals surface area contributed by atoms with E-state index in [-0.39, 0.29) is 0 Å². The van der Waals surface area contributed by atoms with Crippen molar-refractivity contribution in [2.24, 2.45) is 7.05 Å². The van der Waals surface area contributed by atoms with E-state index < -0.39 is 0 Å². The van der Waals surface area contributed by atoms with Crippen LogP contribution in [0.2, 0.25) is 5.02 Å². The minimum atomic E-state index is 0.539. The number of hydrogen-bond donors (Lipinski definition) is 0. The summed E-state index contributed by atoms with van der Waals surface area (Å²) in [7, 11) is 5.07. The van der Waals surface area contributed by atoms with Crippen molar-refractivity contribution in [3.63, 3.8) is 0 Å². The molecule has 0 amide bonds. The van der Waals surface area contributed by atoms with Crippen LogP contribution < -0.4 is 9.47 Å². The quantitative estimate of drug-likeness (QED) is 0.736. The first-order valence-corrected chi connectivity index (χ1v) is 7.38. The number of methoxy groups -OCH3 is 2. The number of aromatic nitrogens is 4. The maximum Gasteiger partial charge on any atom is 0.162 e. The highest BCUT2D eigenvalue weighted by atomic mass is 35.5. The minimum absolute atomic E-state index is 0.539. The molecule has 2 heterocycles. The minimum Gasteiger partial charge on any atom is -0.493 e. The topological polar surface area (TPSA) is 54.1 Å². The van der Waals surface area contributed by atoms with Gasteiger partial charge in [-0.05, 0) is 13.0 Å². The molecule has 23 heavy (non-hydrogen) atoms. The van der Waals surface area contributed by atoms with Crippen LogP contribution in [0.3, 0.4) is 0 Å². The number of imidazole rings is 1. The Morgan fingerprint density at radius 1 is 1.13 bits per heavy atom. The van der Waals surface area contributed by atoms with E-state index in [2.05, 4.69) is 10.1 Å². The Kier molecular flexibility index (Phi) is 4.00. The van der Waals surface area contributed by atoms with Crippen molar-refractivity contribution in [2.45, 2.75) is 6.92 Å². The zero-order chi connectivity index (χ0) is 16.6. The van der Waals surface area contributed by atoms with Gasteiger partial charge in [0.15, 0.2) is 11.5 Å². The van der Waals surface area contributed by atoms with Gasteiger partial charge in [0.1, 0.15) is 5.82 Å². The first kappa shape index (κ1) is 15.4. The monoisotopic (exact) mass is 332 g/mol. The summed E-state index contributed by atoms with van der Waals surface area (Å²) in [6.45, 7) is 2.00. The summed E-state index contributed by atoms with van der Waals surface area (Å²) in [5.74, 6) is 1.90. The van der Waals surface area contributed by atoms with Crippen molar-refractivity contribution in [3.8, 4) is 28.6 Å². The molecule has 6 nitrogen and oxygen atoms in total. The van der Waals surface area contributed by atoms with Gasteiger partial charge in [-0.25, -0.2) is 4.98 Å². The first-order chi connectivity index (χ1) is 11.1. The van der Waals surface area contributed by atoms with Crippen LogP contribution in [0.15, 0.2) is 30.7 Å². The zero-order valence-corrected chi connectivity index (χ0v) is 14.1. The Hall–Kier alpha value is -2.47. The van der Waals surface area contributed by atoms with Crippen LogP contribution in [-0.2, 0) is 7.05 Å². The molecule has 120 valence electrons. The van der Waals surface area contributed by atoms with E-state index in [1.54, 1.807) is 32.7 Å². The summed E-state index contributed by atoms with van der Waals surface area (Å²) in [6.07, 6.45) is 5.41. The number of nitrogens with zero attached hydrogens (tertiary/aromatic N) is 4. The van der Waals surface area contributed by atoms with Crippen LogP contribution in [0.4, 0.5) is 0 Å².